The molecule has 2 rings (SSSR count). The summed E-state index contributed by atoms with van der Waals surface area (Å²) in [6.07, 6.45) is 7.38. The van der Waals surface area contributed by atoms with Gasteiger partial charge in [0.2, 0.25) is 0 Å². The molecule has 0 amide bonds. The average Bonchev–Trinajstić information content (AvgIpc) is 2.28. The maximum atomic E-state index is 5.96. The molecule has 0 aromatic heterocycles. The SMILES string of the molecule is CC(N)C(C)CN1CCC2CCCCC2C1. The molecule has 4 atom stereocenters. The molecule has 2 heteroatoms. The van der Waals surface area contributed by atoms with Crippen LogP contribution in [-0.2, 0) is 0 Å². The molecule has 2 aliphatic rings. The van der Waals surface area contributed by atoms with E-state index in [1.54, 1.807) is 0 Å². The highest BCUT2D eigenvalue weighted by molar-refractivity contribution is 4.84. The summed E-state index contributed by atoms with van der Waals surface area (Å²) in [6, 6.07) is 0.337. The molecule has 1 aliphatic carbocycles. The highest BCUT2D eigenvalue weighted by Gasteiger charge is 2.31. The highest BCUT2D eigenvalue weighted by atomic mass is 15.1. The number of piperidine rings is 1. The fourth-order valence-electron chi connectivity index (χ4n) is 3.42. The smallest absolute Gasteiger partial charge is 0.00483 e. The molecule has 2 fully saturated rings. The lowest BCUT2D eigenvalue weighted by molar-refractivity contribution is 0.0751. The maximum Gasteiger partial charge on any atom is 0.00483 e. The lowest BCUT2D eigenvalue weighted by Gasteiger charge is -2.42. The topological polar surface area (TPSA) is 29.3 Å². The first-order valence-electron chi connectivity index (χ1n) is 7.14. The van der Waals surface area contributed by atoms with E-state index >= 15 is 0 Å². The van der Waals surface area contributed by atoms with Gasteiger partial charge in [0.15, 0.2) is 0 Å². The zero-order chi connectivity index (χ0) is 11.5. The van der Waals surface area contributed by atoms with Gasteiger partial charge in [-0.25, -0.2) is 0 Å². The van der Waals surface area contributed by atoms with E-state index in [0.717, 1.165) is 11.8 Å². The van der Waals surface area contributed by atoms with Crippen LogP contribution in [0.2, 0.25) is 0 Å². The molecule has 16 heavy (non-hydrogen) atoms. The van der Waals surface area contributed by atoms with Crippen molar-refractivity contribution in [3.8, 4) is 0 Å². The summed E-state index contributed by atoms with van der Waals surface area (Å²) in [5.74, 6) is 2.69. The first-order chi connectivity index (χ1) is 7.66. The van der Waals surface area contributed by atoms with E-state index in [1.807, 2.05) is 0 Å². The minimum absolute atomic E-state index is 0.337. The van der Waals surface area contributed by atoms with Crippen LogP contribution in [0.5, 0.6) is 0 Å². The number of likely N-dealkylation sites (tertiary alicyclic amines) is 1. The van der Waals surface area contributed by atoms with E-state index in [2.05, 4.69) is 18.7 Å². The molecule has 2 N–H and O–H groups in total. The van der Waals surface area contributed by atoms with Crippen molar-refractivity contribution < 1.29 is 0 Å². The molecular formula is C14H28N2. The Hall–Kier alpha value is -0.0800. The Morgan fingerprint density at radius 2 is 1.81 bits per heavy atom. The zero-order valence-corrected chi connectivity index (χ0v) is 11.0. The molecule has 1 aliphatic heterocycles. The third-order valence-electron chi connectivity index (χ3n) is 4.82. The zero-order valence-electron chi connectivity index (χ0n) is 11.0. The van der Waals surface area contributed by atoms with Crippen LogP contribution in [0.25, 0.3) is 0 Å². The first-order valence-corrected chi connectivity index (χ1v) is 7.14. The second kappa shape index (κ2) is 5.50. The largest absolute Gasteiger partial charge is 0.328 e. The van der Waals surface area contributed by atoms with Crippen molar-refractivity contribution in [1.82, 2.24) is 4.90 Å². The predicted octanol–water partition coefficient (Wildman–Crippen LogP) is 2.48. The van der Waals surface area contributed by atoms with E-state index in [4.69, 9.17) is 5.73 Å². The Morgan fingerprint density at radius 1 is 1.12 bits per heavy atom. The van der Waals surface area contributed by atoms with Gasteiger partial charge in [0.05, 0.1) is 0 Å². The maximum absolute atomic E-state index is 5.96. The van der Waals surface area contributed by atoms with Crippen molar-refractivity contribution in [2.75, 3.05) is 19.6 Å². The van der Waals surface area contributed by atoms with Crippen LogP contribution in [0, 0.1) is 17.8 Å². The van der Waals surface area contributed by atoms with Crippen LogP contribution in [-0.4, -0.2) is 30.6 Å². The summed E-state index contributed by atoms with van der Waals surface area (Å²) in [4.78, 5) is 2.67. The summed E-state index contributed by atoms with van der Waals surface area (Å²) in [6.45, 7) is 8.30. The van der Waals surface area contributed by atoms with Crippen LogP contribution < -0.4 is 5.73 Å². The lowest BCUT2D eigenvalue weighted by atomic mass is 9.75. The molecule has 1 saturated heterocycles. The molecule has 0 radical (unpaired) electrons. The normalized spacial score (nSPS) is 35.4. The predicted molar refractivity (Wildman–Crippen MR) is 69.3 cm³/mol. The standard InChI is InChI=1S/C14H28N2/c1-11(12(2)15)9-16-8-7-13-5-3-4-6-14(13)10-16/h11-14H,3-10,15H2,1-2H3. The third kappa shape index (κ3) is 2.98. The van der Waals surface area contributed by atoms with Crippen LogP contribution in [0.4, 0.5) is 0 Å². The Balaban J connectivity index is 1.80. The van der Waals surface area contributed by atoms with Gasteiger partial charge in [0.25, 0.3) is 0 Å². The molecule has 1 heterocycles. The van der Waals surface area contributed by atoms with E-state index in [1.165, 1.54) is 51.7 Å². The summed E-state index contributed by atoms with van der Waals surface area (Å²) in [7, 11) is 0. The number of nitrogens with zero attached hydrogens (tertiary/aromatic N) is 1. The minimum Gasteiger partial charge on any atom is -0.328 e. The van der Waals surface area contributed by atoms with Crippen LogP contribution in [0.1, 0.15) is 46.0 Å². The van der Waals surface area contributed by atoms with Crippen molar-refractivity contribution in [3.05, 3.63) is 0 Å². The van der Waals surface area contributed by atoms with E-state index in [0.29, 0.717) is 12.0 Å². The first kappa shape index (κ1) is 12.4. The van der Waals surface area contributed by atoms with Crippen molar-refractivity contribution in [1.29, 1.82) is 0 Å². The minimum atomic E-state index is 0.337. The summed E-state index contributed by atoms with van der Waals surface area (Å²) >= 11 is 0. The Kier molecular flexibility index (Phi) is 4.26. The van der Waals surface area contributed by atoms with Crippen molar-refractivity contribution in [2.24, 2.45) is 23.5 Å². The fraction of sp³-hybridized carbons (Fsp3) is 1.00. The highest BCUT2D eigenvalue weighted by Crippen LogP contribution is 2.36. The summed E-state index contributed by atoms with van der Waals surface area (Å²) in [5, 5.41) is 0. The molecular weight excluding hydrogens is 196 g/mol. The molecule has 0 spiro atoms. The molecule has 1 saturated carbocycles. The Bertz CT molecular complexity index is 215. The third-order valence-corrected chi connectivity index (χ3v) is 4.82. The number of rotatable bonds is 3. The van der Waals surface area contributed by atoms with Gasteiger partial charge < -0.3 is 10.6 Å². The lowest BCUT2D eigenvalue weighted by Crippen LogP contribution is -2.45. The van der Waals surface area contributed by atoms with Crippen molar-refractivity contribution in [2.45, 2.75) is 52.0 Å². The second-order valence-corrected chi connectivity index (χ2v) is 6.19. The van der Waals surface area contributed by atoms with Crippen LogP contribution in [0.3, 0.4) is 0 Å². The van der Waals surface area contributed by atoms with E-state index in [9.17, 15) is 0 Å². The van der Waals surface area contributed by atoms with Gasteiger partial charge in [0, 0.05) is 19.1 Å². The summed E-state index contributed by atoms with van der Waals surface area (Å²) < 4.78 is 0. The fourth-order valence-corrected chi connectivity index (χ4v) is 3.42. The van der Waals surface area contributed by atoms with Gasteiger partial charge in [-0.15, -0.1) is 0 Å². The molecule has 0 bridgehead atoms. The van der Waals surface area contributed by atoms with Crippen LogP contribution >= 0.6 is 0 Å². The van der Waals surface area contributed by atoms with Gasteiger partial charge in [-0.05, 0) is 44.1 Å². The van der Waals surface area contributed by atoms with Gasteiger partial charge in [-0.1, -0.05) is 26.2 Å². The van der Waals surface area contributed by atoms with Gasteiger partial charge in [-0.3, -0.25) is 0 Å². The Morgan fingerprint density at radius 3 is 2.50 bits per heavy atom. The average molecular weight is 224 g/mol. The Labute approximate surface area is 101 Å². The molecule has 2 nitrogen and oxygen atoms in total. The van der Waals surface area contributed by atoms with Crippen molar-refractivity contribution >= 4 is 0 Å². The quantitative estimate of drug-likeness (QED) is 0.798. The molecule has 0 aromatic rings. The number of hydrogen-bond donors (Lipinski definition) is 1. The van der Waals surface area contributed by atoms with E-state index < -0.39 is 0 Å². The summed E-state index contributed by atoms with van der Waals surface area (Å²) in [5.41, 5.74) is 5.96. The molecule has 0 aromatic carbocycles. The van der Waals surface area contributed by atoms with Crippen LogP contribution in [0.15, 0.2) is 0 Å². The second-order valence-electron chi connectivity index (χ2n) is 6.19. The molecule has 4 unspecified atom stereocenters. The molecule has 94 valence electrons. The number of fused-ring (bicyclic) bond motifs is 1. The number of hydrogen-bond acceptors (Lipinski definition) is 2. The van der Waals surface area contributed by atoms with Gasteiger partial charge in [-0.2, -0.15) is 0 Å². The monoisotopic (exact) mass is 224 g/mol. The van der Waals surface area contributed by atoms with Gasteiger partial charge in [0.1, 0.15) is 0 Å². The van der Waals surface area contributed by atoms with Gasteiger partial charge >= 0.3 is 0 Å². The van der Waals surface area contributed by atoms with E-state index in [-0.39, 0.29) is 0 Å². The van der Waals surface area contributed by atoms with Crippen molar-refractivity contribution in [3.63, 3.8) is 0 Å². The number of nitrogens with two attached hydrogens (primary N) is 1.